The Morgan fingerprint density at radius 2 is 1.36 bits per heavy atom. The van der Waals surface area contributed by atoms with Gasteiger partial charge in [0, 0.05) is 38.5 Å². The van der Waals surface area contributed by atoms with Gasteiger partial charge in [0.25, 0.3) is 0 Å². The van der Waals surface area contributed by atoms with E-state index in [0.717, 1.165) is 38.7 Å². The molecule has 0 N–H and O–H groups in total. The number of fused-ring (bicyclic) bond motifs is 3. The van der Waals surface area contributed by atoms with Crippen molar-refractivity contribution in [1.29, 1.82) is 0 Å². The minimum absolute atomic E-state index is 0. The number of pyridine rings is 2. The van der Waals surface area contributed by atoms with Crippen molar-refractivity contribution >= 4 is 39.6 Å². The summed E-state index contributed by atoms with van der Waals surface area (Å²) in [5.74, 6) is 7.23. The number of furan rings is 1. The second-order valence-electron chi connectivity index (χ2n) is 15.7. The molecule has 55 heavy (non-hydrogen) atoms. The molecule has 0 atom stereocenters. The van der Waals surface area contributed by atoms with Crippen LogP contribution in [0.3, 0.4) is 0 Å². The van der Waals surface area contributed by atoms with Crippen molar-refractivity contribution in [2.45, 2.75) is 58.2 Å². The van der Waals surface area contributed by atoms with E-state index in [9.17, 15) is 0 Å². The minimum Gasteiger partial charge on any atom is -0.501 e. The molecule has 0 saturated heterocycles. The largest absolute Gasteiger partial charge is 0.501 e. The molecular weight excluding hydrogens is 909 g/mol. The molecule has 279 valence electrons. The number of nitrogens with zero attached hydrogens (tertiary/aromatic N) is 2. The average Bonchev–Trinajstić information content (AvgIpc) is 3.58. The Bertz CT molecular complexity index is 2770. The molecule has 8 rings (SSSR count). The Balaban J connectivity index is 0.000000218. The van der Waals surface area contributed by atoms with Crippen molar-refractivity contribution in [2.75, 3.05) is 0 Å². The molecule has 0 bridgehead atoms. The molecule has 0 spiro atoms. The summed E-state index contributed by atoms with van der Waals surface area (Å²) in [6, 6.07) is 46.8. The minimum atomic E-state index is -2.50. The molecule has 0 fully saturated rings. The zero-order chi connectivity index (χ0) is 42.3. The molecular formula is C50H48GeIrN2O-2. The molecule has 0 saturated carbocycles. The third kappa shape index (κ3) is 9.10. The first-order valence-electron chi connectivity index (χ1n) is 20.8. The summed E-state index contributed by atoms with van der Waals surface area (Å²) in [5, 5.41) is 1.84. The molecule has 5 aromatic carbocycles. The predicted octanol–water partition coefficient (Wildman–Crippen LogP) is 13.1. The first-order valence-corrected chi connectivity index (χ1v) is 25.7. The fraction of sp³-hybridized carbons (Fsp3) is 0.200. The van der Waals surface area contributed by atoms with Crippen LogP contribution in [0.15, 0.2) is 138 Å². The van der Waals surface area contributed by atoms with E-state index in [1.165, 1.54) is 27.3 Å². The maximum atomic E-state index is 8.81. The normalized spacial score (nSPS) is 13.4. The van der Waals surface area contributed by atoms with Crippen LogP contribution in [0.25, 0.3) is 66.7 Å². The van der Waals surface area contributed by atoms with Crippen LogP contribution in [0.5, 0.6) is 0 Å². The average molecular weight is 963 g/mol. The van der Waals surface area contributed by atoms with E-state index in [2.05, 4.69) is 90.0 Å². The van der Waals surface area contributed by atoms with Gasteiger partial charge in [-0.25, -0.2) is 0 Å². The van der Waals surface area contributed by atoms with Crippen molar-refractivity contribution in [1.82, 2.24) is 9.97 Å². The Hall–Kier alpha value is -4.61. The third-order valence-electron chi connectivity index (χ3n) is 9.33. The van der Waals surface area contributed by atoms with Crippen LogP contribution in [0.2, 0.25) is 17.3 Å². The molecule has 0 amide bonds. The van der Waals surface area contributed by atoms with Crippen molar-refractivity contribution in [3.05, 3.63) is 163 Å². The topological polar surface area (TPSA) is 38.9 Å². The molecule has 1 radical (unpaired) electrons. The van der Waals surface area contributed by atoms with Crippen LogP contribution in [-0.4, -0.2) is 23.2 Å². The van der Waals surface area contributed by atoms with Crippen LogP contribution >= 0.6 is 0 Å². The maximum absolute atomic E-state index is 8.81. The van der Waals surface area contributed by atoms with E-state index >= 15 is 0 Å². The molecule has 0 unspecified atom stereocenters. The van der Waals surface area contributed by atoms with Crippen LogP contribution < -0.4 is 4.40 Å². The second-order valence-corrected chi connectivity index (χ2v) is 26.3. The Kier molecular flexibility index (Phi) is 10.2. The standard InChI is InChI=1S/C29H26NO.C21H22GeN.Ir/c1-19-18-30-26(15-22(19)17-29(2,3)4)25-12-8-11-24-23-14-13-21(16-27(23)31-28(24)25)20-9-6-5-7-10-20;1-16-14-21(23-15-20(16)22(2,3)4)19-13-9-8-12-18(19)17-10-6-5-7-11-17;/h5-11,13-16,18H,17H2,1-4H3;5-12,14-15H,1-4H3;/q2*-1;/i1D3,17D2;;. The SMILES string of the molecule is Cc1cc(-c2[c-]cccc2-c2ccccc2)nc[c]1[Ge]([CH3])([CH3])[CH3].[2H]C([2H])([2H])c1cnc(-c2[c-]ccc3c2oc2cc(-c4ccccc4)ccc23)cc1C([2H])([2H])C(C)(C)C.[Ir]. The van der Waals surface area contributed by atoms with E-state index in [1.807, 2.05) is 66.7 Å². The van der Waals surface area contributed by atoms with Crippen LogP contribution in [0.1, 0.15) is 44.3 Å². The summed E-state index contributed by atoms with van der Waals surface area (Å²) in [4.78, 5) is 9.22. The molecule has 0 aliphatic heterocycles. The maximum Gasteiger partial charge on any atom is 0.121 e. The fourth-order valence-corrected chi connectivity index (χ4v) is 10.4. The number of hydrogen-bond acceptors (Lipinski definition) is 3. The summed E-state index contributed by atoms with van der Waals surface area (Å²) in [5.41, 5.74) is 9.42. The third-order valence-corrected chi connectivity index (χ3v) is 13.8. The monoisotopic (exact) mass is 964 g/mol. The number of benzene rings is 5. The van der Waals surface area contributed by atoms with Gasteiger partial charge in [-0.1, -0.05) is 85.8 Å². The van der Waals surface area contributed by atoms with E-state index in [1.54, 1.807) is 32.9 Å². The van der Waals surface area contributed by atoms with Gasteiger partial charge in [0.1, 0.15) is 5.58 Å². The van der Waals surface area contributed by atoms with Crippen LogP contribution in [-0.2, 0) is 26.5 Å². The van der Waals surface area contributed by atoms with Gasteiger partial charge in [-0.15, -0.1) is 18.2 Å². The van der Waals surface area contributed by atoms with Crippen molar-refractivity contribution in [3.8, 4) is 44.8 Å². The number of aryl methyl sites for hydroxylation is 2. The van der Waals surface area contributed by atoms with Gasteiger partial charge >= 0.3 is 142 Å². The van der Waals surface area contributed by atoms with Gasteiger partial charge < -0.3 is 9.40 Å². The zero-order valence-electron chi connectivity index (χ0n) is 37.3. The second kappa shape index (κ2) is 16.6. The van der Waals surface area contributed by atoms with E-state index < -0.39 is 31.9 Å². The van der Waals surface area contributed by atoms with Crippen molar-refractivity contribution in [2.24, 2.45) is 5.41 Å². The summed E-state index contributed by atoms with van der Waals surface area (Å²) in [6.45, 7) is 4.98. The molecule has 0 aliphatic carbocycles. The smallest absolute Gasteiger partial charge is 0.121 e. The Labute approximate surface area is 350 Å². The molecule has 3 nitrogen and oxygen atoms in total. The van der Waals surface area contributed by atoms with Gasteiger partial charge in [0.05, 0.1) is 5.58 Å². The van der Waals surface area contributed by atoms with Crippen molar-refractivity contribution in [3.63, 3.8) is 0 Å². The molecule has 3 heterocycles. The molecule has 0 aliphatic rings. The summed E-state index contributed by atoms with van der Waals surface area (Å²) >= 11 is -1.86. The van der Waals surface area contributed by atoms with Gasteiger partial charge in [-0.3, -0.25) is 0 Å². The molecule has 3 aromatic heterocycles. The van der Waals surface area contributed by atoms with Crippen LogP contribution in [0.4, 0.5) is 0 Å². The Morgan fingerprint density at radius 3 is 2.04 bits per heavy atom. The molecule has 5 heteroatoms. The van der Waals surface area contributed by atoms with Crippen LogP contribution in [0, 0.1) is 31.3 Å². The molecule has 8 aromatic rings. The predicted molar refractivity (Wildman–Crippen MR) is 231 cm³/mol. The zero-order valence-corrected chi connectivity index (χ0v) is 36.8. The first-order chi connectivity index (χ1) is 27.8. The first kappa shape index (κ1) is 33.7. The van der Waals surface area contributed by atoms with Crippen molar-refractivity contribution < 1.29 is 31.4 Å². The summed E-state index contributed by atoms with van der Waals surface area (Å²) in [7, 11) is 0. The van der Waals surface area contributed by atoms with E-state index in [0.29, 0.717) is 16.8 Å². The van der Waals surface area contributed by atoms with Gasteiger partial charge in [-0.05, 0) is 47.1 Å². The Morgan fingerprint density at radius 1 is 0.691 bits per heavy atom. The van der Waals surface area contributed by atoms with E-state index in [-0.39, 0.29) is 31.2 Å². The van der Waals surface area contributed by atoms with Gasteiger partial charge in [0.2, 0.25) is 0 Å². The number of rotatable bonds is 6. The summed E-state index contributed by atoms with van der Waals surface area (Å²) in [6.07, 6.45) is 1.45. The summed E-state index contributed by atoms with van der Waals surface area (Å²) < 4.78 is 49.3. The van der Waals surface area contributed by atoms with Gasteiger partial charge in [0.15, 0.2) is 0 Å². The number of hydrogen-bond donors (Lipinski definition) is 0. The quantitative estimate of drug-likeness (QED) is 0.123. The van der Waals surface area contributed by atoms with Gasteiger partial charge in [-0.2, -0.15) is 0 Å². The van der Waals surface area contributed by atoms with E-state index in [4.69, 9.17) is 16.3 Å². The fourth-order valence-electron chi connectivity index (χ4n) is 6.83. The number of aromatic nitrogens is 2.